The van der Waals surface area contributed by atoms with Crippen molar-refractivity contribution in [2.45, 2.75) is 6.92 Å². The number of thioether (sulfide) groups is 1. The molecular formula is C12H9N5S. The van der Waals surface area contributed by atoms with Crippen LogP contribution in [0.4, 0.5) is 5.69 Å². The summed E-state index contributed by atoms with van der Waals surface area (Å²) in [6, 6.07) is 7.13. The first-order valence-electron chi connectivity index (χ1n) is 4.89. The Morgan fingerprint density at radius 2 is 2.00 bits per heavy atom. The molecule has 5 nitrogen and oxygen atoms in total. The Balaban J connectivity index is 3.39. The summed E-state index contributed by atoms with van der Waals surface area (Å²) in [5, 5.41) is 29.3. The van der Waals surface area contributed by atoms with Crippen molar-refractivity contribution < 1.29 is 0 Å². The van der Waals surface area contributed by atoms with Crippen LogP contribution in [0.25, 0.3) is 0 Å². The minimum Gasteiger partial charge on any atom is -0.271 e. The minimum atomic E-state index is 0.317. The van der Waals surface area contributed by atoms with Gasteiger partial charge < -0.3 is 0 Å². The Bertz CT molecular complexity index is 613. The fraction of sp³-hybridized carbons (Fsp3) is 0.167. The topological polar surface area (TPSA) is 95.8 Å². The van der Waals surface area contributed by atoms with Crippen molar-refractivity contribution in [2.75, 3.05) is 6.26 Å². The highest BCUT2D eigenvalue weighted by Gasteiger charge is 2.08. The molecule has 0 spiro atoms. The molecule has 0 aliphatic rings. The predicted octanol–water partition coefficient (Wildman–Crippen LogP) is 2.16. The maximum atomic E-state index is 9.06. The summed E-state index contributed by atoms with van der Waals surface area (Å²) in [5.41, 5.74) is 1.93. The Morgan fingerprint density at radius 1 is 1.28 bits per heavy atom. The second-order valence-corrected chi connectivity index (χ2v) is 4.07. The van der Waals surface area contributed by atoms with Crippen LogP contribution in [0.1, 0.15) is 16.7 Å². The van der Waals surface area contributed by atoms with Crippen molar-refractivity contribution in [1.82, 2.24) is 5.32 Å². The van der Waals surface area contributed by atoms with Gasteiger partial charge in [0.05, 0.1) is 22.9 Å². The Labute approximate surface area is 109 Å². The number of rotatable bonds is 1. The first-order chi connectivity index (χ1) is 8.65. The third-order valence-electron chi connectivity index (χ3n) is 2.12. The van der Waals surface area contributed by atoms with Crippen LogP contribution in [0.15, 0.2) is 17.1 Å². The van der Waals surface area contributed by atoms with Gasteiger partial charge in [-0.2, -0.15) is 15.8 Å². The summed E-state index contributed by atoms with van der Waals surface area (Å²) in [5.74, 6) is 0. The summed E-state index contributed by atoms with van der Waals surface area (Å²) >= 11 is 1.27. The zero-order valence-electron chi connectivity index (χ0n) is 9.85. The molecule has 6 heteroatoms. The molecule has 88 valence electrons. The van der Waals surface area contributed by atoms with Gasteiger partial charge in [0.2, 0.25) is 0 Å². The fourth-order valence-electron chi connectivity index (χ4n) is 1.35. The van der Waals surface area contributed by atoms with E-state index in [1.165, 1.54) is 17.8 Å². The third kappa shape index (κ3) is 3.01. The molecule has 1 aromatic rings. The summed E-state index contributed by atoms with van der Waals surface area (Å²) in [4.78, 5) is 4.23. The van der Waals surface area contributed by atoms with Gasteiger partial charge in [0, 0.05) is 0 Å². The number of benzene rings is 1. The fourth-order valence-corrected chi connectivity index (χ4v) is 1.68. The molecule has 1 aromatic carbocycles. The molecule has 0 saturated carbocycles. The lowest BCUT2D eigenvalue weighted by molar-refractivity contribution is 1.26. The van der Waals surface area contributed by atoms with E-state index in [0.29, 0.717) is 22.0 Å². The number of nitriles is 3. The standard InChI is InChI=1S/C12H9N5S/c1-8-3-9(5-13)4-10(6-14)11(8)17-12(18-2)16-7-15/h3-4H,1-2H3,(H,16,17). The lowest BCUT2D eigenvalue weighted by atomic mass is 10.1. The summed E-state index contributed by atoms with van der Waals surface area (Å²) in [6.07, 6.45) is 3.55. The van der Waals surface area contributed by atoms with Crippen molar-refractivity contribution in [3.63, 3.8) is 0 Å². The Kier molecular flexibility index (Phi) is 4.75. The molecule has 0 aromatic heterocycles. The van der Waals surface area contributed by atoms with E-state index in [1.807, 2.05) is 12.1 Å². The summed E-state index contributed by atoms with van der Waals surface area (Å²) in [7, 11) is 0. The van der Waals surface area contributed by atoms with Gasteiger partial charge in [-0.05, 0) is 30.9 Å². The van der Waals surface area contributed by atoms with Crippen LogP contribution in [0.3, 0.4) is 0 Å². The number of aryl methyl sites for hydroxylation is 1. The van der Waals surface area contributed by atoms with Crippen molar-refractivity contribution in [3.05, 3.63) is 28.8 Å². The smallest absolute Gasteiger partial charge is 0.183 e. The lowest BCUT2D eigenvalue weighted by Crippen LogP contribution is -2.12. The number of amidine groups is 1. The van der Waals surface area contributed by atoms with Gasteiger partial charge >= 0.3 is 0 Å². The van der Waals surface area contributed by atoms with Crippen LogP contribution in [0, 0.1) is 41.0 Å². The van der Waals surface area contributed by atoms with Crippen LogP contribution in [0.2, 0.25) is 0 Å². The van der Waals surface area contributed by atoms with E-state index < -0.39 is 0 Å². The van der Waals surface area contributed by atoms with E-state index in [4.69, 9.17) is 15.8 Å². The van der Waals surface area contributed by atoms with Crippen molar-refractivity contribution in [3.8, 4) is 18.3 Å². The van der Waals surface area contributed by atoms with Crippen LogP contribution in [-0.4, -0.2) is 11.4 Å². The highest BCUT2D eigenvalue weighted by molar-refractivity contribution is 8.13. The molecular weight excluding hydrogens is 246 g/mol. The average Bonchev–Trinajstić information content (AvgIpc) is 2.39. The van der Waals surface area contributed by atoms with Crippen LogP contribution >= 0.6 is 11.8 Å². The lowest BCUT2D eigenvalue weighted by Gasteiger charge is -2.05. The number of hydrogen-bond donors (Lipinski definition) is 1. The molecule has 18 heavy (non-hydrogen) atoms. The highest BCUT2D eigenvalue weighted by Crippen LogP contribution is 2.26. The third-order valence-corrected chi connectivity index (χ3v) is 2.70. The number of nitrogens with one attached hydrogen (secondary N) is 1. The number of nitrogens with zero attached hydrogens (tertiary/aromatic N) is 4. The van der Waals surface area contributed by atoms with Crippen LogP contribution in [0.5, 0.6) is 0 Å². The van der Waals surface area contributed by atoms with E-state index in [2.05, 4.69) is 10.3 Å². The van der Waals surface area contributed by atoms with Crippen molar-refractivity contribution in [1.29, 1.82) is 15.8 Å². The first kappa shape index (κ1) is 13.6. The van der Waals surface area contributed by atoms with E-state index in [-0.39, 0.29) is 0 Å². The van der Waals surface area contributed by atoms with Gasteiger partial charge in [0.1, 0.15) is 6.07 Å². The van der Waals surface area contributed by atoms with Gasteiger partial charge in [0.25, 0.3) is 0 Å². The molecule has 0 unspecified atom stereocenters. The molecule has 0 aliphatic heterocycles. The predicted molar refractivity (Wildman–Crippen MR) is 70.0 cm³/mol. The van der Waals surface area contributed by atoms with Crippen molar-refractivity contribution >= 4 is 22.6 Å². The summed E-state index contributed by atoms with van der Waals surface area (Å²) < 4.78 is 0. The van der Waals surface area contributed by atoms with E-state index >= 15 is 0 Å². The van der Waals surface area contributed by atoms with Gasteiger partial charge in [-0.25, -0.2) is 4.99 Å². The molecule has 0 atom stereocenters. The van der Waals surface area contributed by atoms with Gasteiger partial charge in [-0.15, -0.1) is 0 Å². The molecule has 1 N–H and O–H groups in total. The van der Waals surface area contributed by atoms with E-state index in [1.54, 1.807) is 25.4 Å². The molecule has 0 amide bonds. The molecule has 0 fully saturated rings. The maximum absolute atomic E-state index is 9.06. The zero-order valence-corrected chi connectivity index (χ0v) is 10.7. The quantitative estimate of drug-likeness (QED) is 0.359. The van der Waals surface area contributed by atoms with E-state index in [0.717, 1.165) is 5.56 Å². The second-order valence-electron chi connectivity index (χ2n) is 3.27. The average molecular weight is 255 g/mol. The minimum absolute atomic E-state index is 0.317. The van der Waals surface area contributed by atoms with Gasteiger partial charge in [-0.1, -0.05) is 11.8 Å². The zero-order chi connectivity index (χ0) is 13.5. The highest BCUT2D eigenvalue weighted by atomic mass is 32.2. The molecule has 0 radical (unpaired) electrons. The number of hydrogen-bond acceptors (Lipinski definition) is 5. The summed E-state index contributed by atoms with van der Waals surface area (Å²) in [6.45, 7) is 1.77. The monoisotopic (exact) mass is 255 g/mol. The second kappa shape index (κ2) is 6.30. The van der Waals surface area contributed by atoms with Crippen LogP contribution in [-0.2, 0) is 0 Å². The Morgan fingerprint density at radius 3 is 2.50 bits per heavy atom. The molecule has 0 heterocycles. The Hall–Kier alpha value is -2.49. The molecule has 0 saturated heterocycles. The molecule has 1 rings (SSSR count). The van der Waals surface area contributed by atoms with Gasteiger partial charge in [0.15, 0.2) is 11.4 Å². The normalized spacial score (nSPS) is 10.1. The van der Waals surface area contributed by atoms with Gasteiger partial charge in [-0.3, -0.25) is 5.32 Å². The maximum Gasteiger partial charge on any atom is 0.183 e. The SMILES string of the molecule is CSC(=Nc1c(C)cc(C#N)cc1C#N)NC#N. The first-order valence-corrected chi connectivity index (χ1v) is 6.11. The van der Waals surface area contributed by atoms with E-state index in [9.17, 15) is 0 Å². The molecule has 0 bridgehead atoms. The van der Waals surface area contributed by atoms with Crippen molar-refractivity contribution in [2.24, 2.45) is 4.99 Å². The largest absolute Gasteiger partial charge is 0.271 e. The molecule has 0 aliphatic carbocycles. The van der Waals surface area contributed by atoms with Crippen LogP contribution < -0.4 is 5.32 Å². The number of aliphatic imine (C=N–C) groups is 1.